The van der Waals surface area contributed by atoms with Crippen molar-refractivity contribution in [3.8, 4) is 22.8 Å². The Morgan fingerprint density at radius 1 is 1.00 bits per heavy atom. The maximum atomic E-state index is 11.0. The summed E-state index contributed by atoms with van der Waals surface area (Å²) in [5.41, 5.74) is 5.76. The average molecular weight is 535 g/mol. The van der Waals surface area contributed by atoms with Crippen molar-refractivity contribution in [1.82, 2.24) is 9.55 Å². The third-order valence-electron chi connectivity index (χ3n) is 5.51. The van der Waals surface area contributed by atoms with E-state index in [-0.39, 0.29) is 11.8 Å². The highest BCUT2D eigenvalue weighted by atomic mass is 35.5. The lowest BCUT2D eigenvalue weighted by Crippen LogP contribution is -2.16. The highest BCUT2D eigenvalue weighted by Gasteiger charge is 2.17. The Kier molecular flexibility index (Phi) is 6.59. The third-order valence-corrected chi connectivity index (χ3v) is 6.17. The highest BCUT2D eigenvalue weighted by molar-refractivity contribution is 7.81. The van der Waals surface area contributed by atoms with E-state index in [1.165, 1.54) is 12.1 Å². The lowest BCUT2D eigenvalue weighted by molar-refractivity contribution is 0.387. The van der Waals surface area contributed by atoms with E-state index in [9.17, 15) is 8.42 Å². The Morgan fingerprint density at radius 3 is 2.38 bits per heavy atom. The molecule has 0 bridgehead atoms. The molecule has 0 saturated carbocycles. The van der Waals surface area contributed by atoms with Crippen LogP contribution < -0.4 is 14.9 Å². The Bertz CT molecular complexity index is 1730. The van der Waals surface area contributed by atoms with Gasteiger partial charge in [0.25, 0.3) is 0 Å². The zero-order valence-electron chi connectivity index (χ0n) is 20.0. The molecule has 0 amide bonds. The van der Waals surface area contributed by atoms with Gasteiger partial charge in [-0.1, -0.05) is 23.7 Å². The molecule has 1 aliphatic carbocycles. The minimum atomic E-state index is -4.59. The van der Waals surface area contributed by atoms with Gasteiger partial charge in [-0.2, -0.15) is 8.42 Å². The quantitative estimate of drug-likeness (QED) is 0.204. The molecular weight excluding hydrogens is 512 g/mol. The molecule has 37 heavy (non-hydrogen) atoms. The first-order valence-electron chi connectivity index (χ1n) is 11.5. The number of nitrogens with one attached hydrogen (secondary N) is 1. The second kappa shape index (κ2) is 9.85. The molecule has 0 fully saturated rings. The van der Waals surface area contributed by atoms with Gasteiger partial charge in [0.1, 0.15) is 5.75 Å². The van der Waals surface area contributed by atoms with E-state index in [0.29, 0.717) is 10.7 Å². The fourth-order valence-electron chi connectivity index (χ4n) is 4.07. The van der Waals surface area contributed by atoms with Crippen LogP contribution in [0.1, 0.15) is 13.8 Å². The number of halogens is 1. The zero-order valence-corrected chi connectivity index (χ0v) is 21.5. The molecule has 5 rings (SSSR count). The molecule has 0 unspecified atom stereocenters. The van der Waals surface area contributed by atoms with Crippen molar-refractivity contribution in [1.29, 1.82) is 0 Å². The van der Waals surface area contributed by atoms with Crippen molar-refractivity contribution in [3.63, 3.8) is 0 Å². The predicted molar refractivity (Wildman–Crippen MR) is 145 cm³/mol. The molecule has 0 saturated heterocycles. The number of hydrogen-bond acceptors (Lipinski definition) is 6. The van der Waals surface area contributed by atoms with Gasteiger partial charge in [-0.05, 0) is 86.6 Å². The molecule has 0 aromatic heterocycles. The maximum absolute atomic E-state index is 11.0. The number of rotatable bonds is 6. The Hall–Kier alpha value is -3.92. The van der Waals surface area contributed by atoms with E-state index < -0.39 is 10.4 Å². The van der Waals surface area contributed by atoms with E-state index in [2.05, 4.69) is 14.1 Å². The Labute approximate surface area is 219 Å². The second-order valence-corrected chi connectivity index (χ2v) is 10.1. The largest absolute Gasteiger partial charge is 0.446 e. The monoisotopic (exact) mass is 534 g/mol. The Morgan fingerprint density at radius 2 is 1.70 bits per heavy atom. The van der Waals surface area contributed by atoms with Crippen molar-refractivity contribution < 1.29 is 17.2 Å². The van der Waals surface area contributed by atoms with E-state index in [1.54, 1.807) is 12.1 Å². The minimum Gasteiger partial charge on any atom is -0.362 e. The lowest BCUT2D eigenvalue weighted by atomic mass is 10.1. The number of nitrogens with zero attached hydrogens (tertiary/aromatic N) is 3. The van der Waals surface area contributed by atoms with Crippen LogP contribution in [0.25, 0.3) is 28.1 Å². The summed E-state index contributed by atoms with van der Waals surface area (Å²) in [6, 6.07) is 25.7. The first-order valence-corrected chi connectivity index (χ1v) is 13.2. The van der Waals surface area contributed by atoms with Crippen molar-refractivity contribution >= 4 is 44.4 Å². The molecule has 3 aromatic carbocycles. The summed E-state index contributed by atoms with van der Waals surface area (Å²) in [6.07, 6.45) is 0. The molecule has 2 N–H and O–H groups in total. The predicted octanol–water partition coefficient (Wildman–Crippen LogP) is 6.02. The molecule has 1 aliphatic heterocycles. The summed E-state index contributed by atoms with van der Waals surface area (Å²) in [7, 11) is -4.59. The number of hydrogen-bond donors (Lipinski definition) is 2. The topological polar surface area (TPSA) is 106 Å². The van der Waals surface area contributed by atoms with Crippen LogP contribution in [0.3, 0.4) is 0 Å². The van der Waals surface area contributed by atoms with Crippen molar-refractivity contribution in [2.45, 2.75) is 19.9 Å². The number of anilines is 2. The van der Waals surface area contributed by atoms with Crippen molar-refractivity contribution in [3.05, 3.63) is 95.3 Å². The molecule has 188 valence electrons. The highest BCUT2D eigenvalue weighted by Crippen LogP contribution is 2.31. The lowest BCUT2D eigenvalue weighted by Gasteiger charge is -2.20. The SMILES string of the molecule is CC(C)N=c1cc2n(-c3ccc(Cl)cc3)c3ccccc3nc-2cc1Nc1ccc(OS(=O)(=O)O)cc1. The summed E-state index contributed by atoms with van der Waals surface area (Å²) in [5.74, 6) is -0.00389. The maximum Gasteiger partial charge on any atom is 0.446 e. The van der Waals surface area contributed by atoms with Gasteiger partial charge in [0, 0.05) is 22.4 Å². The number of aromatic nitrogens is 2. The molecular formula is C27H23ClN4O4S. The van der Waals surface area contributed by atoms with E-state index >= 15 is 0 Å². The summed E-state index contributed by atoms with van der Waals surface area (Å²) in [5, 5.41) is 4.74. The normalized spacial score (nSPS) is 12.4. The van der Waals surface area contributed by atoms with E-state index in [4.69, 9.17) is 26.1 Å². The van der Waals surface area contributed by atoms with Crippen LogP contribution in [-0.2, 0) is 10.4 Å². The first-order chi connectivity index (χ1) is 17.7. The van der Waals surface area contributed by atoms with Crippen LogP contribution in [0.4, 0.5) is 11.4 Å². The fraction of sp³-hybridized carbons (Fsp3) is 0.111. The van der Waals surface area contributed by atoms with Crippen LogP contribution in [0.15, 0.2) is 89.9 Å². The van der Waals surface area contributed by atoms with Crippen LogP contribution >= 0.6 is 11.6 Å². The molecule has 0 radical (unpaired) electrons. The van der Waals surface area contributed by atoms with Gasteiger partial charge in [-0.25, -0.2) is 4.98 Å². The summed E-state index contributed by atoms with van der Waals surface area (Å²) in [6.45, 7) is 4.00. The van der Waals surface area contributed by atoms with E-state index in [1.807, 2.05) is 74.5 Å². The van der Waals surface area contributed by atoms with Gasteiger partial charge in [-0.3, -0.25) is 9.55 Å². The minimum absolute atomic E-state index is 0.00389. The standard InChI is InChI=1S/C27H23ClN4O4S/c1-17(2)29-24-16-27-25(15-23(24)30-19-9-13-21(14-10-19)36-37(33,34)35)31-22-5-3-4-6-26(22)32(27)20-11-7-18(28)8-12-20/h3-17,30H,1-2H3,(H,33,34,35). The number of benzene rings is 4. The van der Waals surface area contributed by atoms with Crippen LogP contribution in [0.5, 0.6) is 5.75 Å². The molecule has 10 heteroatoms. The van der Waals surface area contributed by atoms with Gasteiger partial charge in [0.05, 0.1) is 33.5 Å². The van der Waals surface area contributed by atoms with Gasteiger partial charge < -0.3 is 14.1 Å². The number of fused-ring (bicyclic) bond motifs is 2. The second-order valence-electron chi connectivity index (χ2n) is 8.65. The van der Waals surface area contributed by atoms with Gasteiger partial charge in [0.2, 0.25) is 0 Å². The molecule has 3 aromatic rings. The van der Waals surface area contributed by atoms with Gasteiger partial charge in [0.15, 0.2) is 0 Å². The summed E-state index contributed by atoms with van der Waals surface area (Å²) < 4.78 is 37.5. The van der Waals surface area contributed by atoms with Gasteiger partial charge in [-0.15, -0.1) is 0 Å². The average Bonchev–Trinajstić information content (AvgIpc) is 2.84. The molecule has 8 nitrogen and oxygen atoms in total. The van der Waals surface area contributed by atoms with Crippen molar-refractivity contribution in [2.24, 2.45) is 4.99 Å². The van der Waals surface area contributed by atoms with Gasteiger partial charge >= 0.3 is 10.4 Å². The third kappa shape index (κ3) is 5.59. The fourth-order valence-corrected chi connectivity index (χ4v) is 4.55. The Balaban J connectivity index is 1.69. The molecule has 0 spiro atoms. The summed E-state index contributed by atoms with van der Waals surface area (Å²) in [4.78, 5) is 9.75. The van der Waals surface area contributed by atoms with Crippen molar-refractivity contribution in [2.75, 3.05) is 5.32 Å². The number of para-hydroxylation sites is 2. The molecule has 1 heterocycles. The summed E-state index contributed by atoms with van der Waals surface area (Å²) >= 11 is 6.16. The molecule has 0 atom stereocenters. The van der Waals surface area contributed by atoms with Crippen LogP contribution in [0, 0.1) is 0 Å². The zero-order chi connectivity index (χ0) is 26.2. The van der Waals surface area contributed by atoms with Crippen LogP contribution in [0.2, 0.25) is 5.02 Å². The van der Waals surface area contributed by atoms with Crippen LogP contribution in [-0.4, -0.2) is 28.6 Å². The molecule has 2 aliphatic rings. The smallest absolute Gasteiger partial charge is 0.362 e. The van der Waals surface area contributed by atoms with E-state index in [0.717, 1.165) is 39.2 Å². The first kappa shape index (κ1) is 24.8.